The van der Waals surface area contributed by atoms with Gasteiger partial charge in [-0.3, -0.25) is 4.79 Å². The molecule has 2 aromatic carbocycles. The van der Waals surface area contributed by atoms with E-state index in [0.717, 1.165) is 24.9 Å². The van der Waals surface area contributed by atoms with Gasteiger partial charge in [0, 0.05) is 19.7 Å². The molecule has 2 aromatic rings. The molecule has 0 spiro atoms. The van der Waals surface area contributed by atoms with E-state index in [1.54, 1.807) is 0 Å². The summed E-state index contributed by atoms with van der Waals surface area (Å²) >= 11 is 0. The molecule has 3 heteroatoms. The smallest absolute Gasteiger partial charge is 0.227 e. The fourth-order valence-corrected chi connectivity index (χ4v) is 3.08. The van der Waals surface area contributed by atoms with E-state index in [1.807, 2.05) is 23.1 Å². The standard InChI is InChI=1S/C18H21NO2/c20-13-15-4-3-9-19(12-15)18(21)11-14-7-8-16-5-1-2-6-17(16)10-14/h1-2,5-8,10,15,20H,3-4,9,11-13H2. The number of rotatable bonds is 3. The van der Waals surface area contributed by atoms with Gasteiger partial charge in [0.15, 0.2) is 0 Å². The Bertz CT molecular complexity index is 638. The number of hydrogen-bond acceptors (Lipinski definition) is 2. The Labute approximate surface area is 125 Å². The van der Waals surface area contributed by atoms with Crippen LogP contribution < -0.4 is 0 Å². The highest BCUT2D eigenvalue weighted by atomic mass is 16.3. The van der Waals surface area contributed by atoms with Gasteiger partial charge in [-0.2, -0.15) is 0 Å². The maximum absolute atomic E-state index is 12.4. The van der Waals surface area contributed by atoms with Crippen molar-refractivity contribution in [1.82, 2.24) is 4.90 Å². The second-order valence-corrected chi connectivity index (χ2v) is 5.89. The van der Waals surface area contributed by atoms with E-state index in [9.17, 15) is 9.90 Å². The van der Waals surface area contributed by atoms with Gasteiger partial charge in [0.05, 0.1) is 6.42 Å². The number of carbonyl (C=O) groups excluding carboxylic acids is 1. The third-order valence-electron chi connectivity index (χ3n) is 4.30. The van der Waals surface area contributed by atoms with Crippen molar-refractivity contribution in [3.05, 3.63) is 48.0 Å². The maximum atomic E-state index is 12.4. The average molecular weight is 283 g/mol. The van der Waals surface area contributed by atoms with Crippen LogP contribution >= 0.6 is 0 Å². The van der Waals surface area contributed by atoms with Crippen molar-refractivity contribution >= 4 is 16.7 Å². The van der Waals surface area contributed by atoms with Gasteiger partial charge in [-0.15, -0.1) is 0 Å². The monoisotopic (exact) mass is 283 g/mol. The molecule has 0 aromatic heterocycles. The second kappa shape index (κ2) is 6.27. The first-order valence-corrected chi connectivity index (χ1v) is 7.62. The van der Waals surface area contributed by atoms with Crippen molar-refractivity contribution in [2.45, 2.75) is 19.3 Å². The van der Waals surface area contributed by atoms with Crippen LogP contribution in [0.1, 0.15) is 18.4 Å². The summed E-state index contributed by atoms with van der Waals surface area (Å²) in [6.07, 6.45) is 2.47. The van der Waals surface area contributed by atoms with Gasteiger partial charge in [0.1, 0.15) is 0 Å². The van der Waals surface area contributed by atoms with Gasteiger partial charge in [0.2, 0.25) is 5.91 Å². The summed E-state index contributed by atoms with van der Waals surface area (Å²) < 4.78 is 0. The Morgan fingerprint density at radius 2 is 2.00 bits per heavy atom. The molecule has 1 heterocycles. The number of hydrogen-bond donors (Lipinski definition) is 1. The zero-order valence-corrected chi connectivity index (χ0v) is 12.2. The molecule has 1 atom stereocenters. The summed E-state index contributed by atoms with van der Waals surface area (Å²) in [4.78, 5) is 14.3. The molecular weight excluding hydrogens is 262 g/mol. The predicted molar refractivity (Wildman–Crippen MR) is 84.0 cm³/mol. The molecule has 3 nitrogen and oxygen atoms in total. The number of aliphatic hydroxyl groups is 1. The summed E-state index contributed by atoms with van der Waals surface area (Å²) in [5.41, 5.74) is 1.06. The van der Waals surface area contributed by atoms with E-state index in [0.29, 0.717) is 13.0 Å². The highest BCUT2D eigenvalue weighted by Crippen LogP contribution is 2.19. The van der Waals surface area contributed by atoms with E-state index >= 15 is 0 Å². The lowest BCUT2D eigenvalue weighted by Crippen LogP contribution is -2.41. The Balaban J connectivity index is 1.70. The Morgan fingerprint density at radius 1 is 1.19 bits per heavy atom. The summed E-state index contributed by atoms with van der Waals surface area (Å²) in [5.74, 6) is 0.419. The third-order valence-corrected chi connectivity index (χ3v) is 4.30. The molecule has 1 amide bonds. The number of carbonyl (C=O) groups is 1. The number of benzene rings is 2. The Hall–Kier alpha value is -1.87. The van der Waals surface area contributed by atoms with Crippen molar-refractivity contribution < 1.29 is 9.90 Å². The topological polar surface area (TPSA) is 40.5 Å². The SMILES string of the molecule is O=C(Cc1ccc2ccccc2c1)N1CCCC(CO)C1. The van der Waals surface area contributed by atoms with Crippen molar-refractivity contribution in [3.8, 4) is 0 Å². The molecule has 1 fully saturated rings. The molecule has 1 N–H and O–H groups in total. The van der Waals surface area contributed by atoms with Crippen molar-refractivity contribution in [3.63, 3.8) is 0 Å². The quantitative estimate of drug-likeness (QED) is 0.940. The molecule has 1 saturated heterocycles. The van der Waals surface area contributed by atoms with Crippen molar-refractivity contribution in [2.75, 3.05) is 19.7 Å². The van der Waals surface area contributed by atoms with E-state index in [2.05, 4.69) is 24.3 Å². The average Bonchev–Trinajstić information content (AvgIpc) is 2.54. The summed E-state index contributed by atoms with van der Waals surface area (Å²) in [7, 11) is 0. The largest absolute Gasteiger partial charge is 0.396 e. The van der Waals surface area contributed by atoms with Crippen LogP contribution in [0, 0.1) is 5.92 Å². The zero-order chi connectivity index (χ0) is 14.7. The van der Waals surface area contributed by atoms with E-state index in [1.165, 1.54) is 10.8 Å². The highest BCUT2D eigenvalue weighted by Gasteiger charge is 2.23. The minimum atomic E-state index is 0.170. The summed E-state index contributed by atoms with van der Waals surface area (Å²) in [6, 6.07) is 14.4. The van der Waals surface area contributed by atoms with Crippen molar-refractivity contribution in [2.24, 2.45) is 5.92 Å². The fraction of sp³-hybridized carbons (Fsp3) is 0.389. The maximum Gasteiger partial charge on any atom is 0.227 e. The normalized spacial score (nSPS) is 18.9. The summed E-state index contributed by atoms with van der Waals surface area (Å²) in [5, 5.41) is 11.6. The molecule has 1 unspecified atom stereocenters. The minimum absolute atomic E-state index is 0.170. The molecular formula is C18H21NO2. The lowest BCUT2D eigenvalue weighted by atomic mass is 9.98. The number of likely N-dealkylation sites (tertiary alicyclic amines) is 1. The first kappa shape index (κ1) is 14.1. The predicted octanol–water partition coefficient (Wildman–Crippen LogP) is 2.61. The van der Waals surface area contributed by atoms with Crippen LogP contribution in [0.3, 0.4) is 0 Å². The second-order valence-electron chi connectivity index (χ2n) is 5.89. The number of fused-ring (bicyclic) bond motifs is 1. The molecule has 1 aliphatic rings. The van der Waals surface area contributed by atoms with Gasteiger partial charge in [-0.25, -0.2) is 0 Å². The van der Waals surface area contributed by atoms with Gasteiger partial charge >= 0.3 is 0 Å². The van der Waals surface area contributed by atoms with Crippen molar-refractivity contribution in [1.29, 1.82) is 0 Å². The van der Waals surface area contributed by atoms with Crippen LogP contribution in [-0.4, -0.2) is 35.6 Å². The number of amides is 1. The number of nitrogens with zero attached hydrogens (tertiary/aromatic N) is 1. The van der Waals surface area contributed by atoms with Crippen LogP contribution in [0.25, 0.3) is 10.8 Å². The lowest BCUT2D eigenvalue weighted by Gasteiger charge is -2.32. The molecule has 0 radical (unpaired) electrons. The van der Waals surface area contributed by atoms with Gasteiger partial charge < -0.3 is 10.0 Å². The van der Waals surface area contributed by atoms with E-state index in [4.69, 9.17) is 0 Å². The number of piperidine rings is 1. The first-order chi connectivity index (χ1) is 10.3. The molecule has 0 aliphatic carbocycles. The first-order valence-electron chi connectivity index (χ1n) is 7.62. The Kier molecular flexibility index (Phi) is 4.20. The zero-order valence-electron chi connectivity index (χ0n) is 12.2. The fourth-order valence-electron chi connectivity index (χ4n) is 3.08. The lowest BCUT2D eigenvalue weighted by molar-refractivity contribution is -0.132. The third kappa shape index (κ3) is 3.24. The molecule has 110 valence electrons. The van der Waals surface area contributed by atoms with Crippen LogP contribution in [0.5, 0.6) is 0 Å². The minimum Gasteiger partial charge on any atom is -0.396 e. The number of aliphatic hydroxyl groups excluding tert-OH is 1. The Morgan fingerprint density at radius 3 is 2.81 bits per heavy atom. The van der Waals surface area contributed by atoms with Gasteiger partial charge in [-0.05, 0) is 35.1 Å². The molecule has 3 rings (SSSR count). The van der Waals surface area contributed by atoms with Crippen LogP contribution in [0.4, 0.5) is 0 Å². The molecule has 1 aliphatic heterocycles. The van der Waals surface area contributed by atoms with E-state index < -0.39 is 0 Å². The molecule has 21 heavy (non-hydrogen) atoms. The van der Waals surface area contributed by atoms with E-state index in [-0.39, 0.29) is 18.4 Å². The van der Waals surface area contributed by atoms with Crippen LogP contribution in [0.2, 0.25) is 0 Å². The molecule has 0 bridgehead atoms. The van der Waals surface area contributed by atoms with Gasteiger partial charge in [-0.1, -0.05) is 42.5 Å². The van der Waals surface area contributed by atoms with Crippen LogP contribution in [0.15, 0.2) is 42.5 Å². The molecule has 0 saturated carbocycles. The highest BCUT2D eigenvalue weighted by molar-refractivity contribution is 5.85. The summed E-state index contributed by atoms with van der Waals surface area (Å²) in [6.45, 7) is 1.70. The van der Waals surface area contributed by atoms with Gasteiger partial charge in [0.25, 0.3) is 0 Å². The van der Waals surface area contributed by atoms with Crippen LogP contribution in [-0.2, 0) is 11.2 Å².